The van der Waals surface area contributed by atoms with Gasteiger partial charge in [-0.15, -0.1) is 0 Å². The van der Waals surface area contributed by atoms with Gasteiger partial charge in [0.25, 0.3) is 0 Å². The smallest absolute Gasteiger partial charge is 0.139 e. The molecule has 206 valence electrons. The predicted octanol–water partition coefficient (Wildman–Crippen LogP) is 6.04. The standard InChI is InChI=1S/C30H30Cl2N6O2/c1-39-29-15-28(24(31)14-25(29)32)37-30-22(16-33)19-36-27-13-21(4-5-23(27)30)26-6-3-20(18-35-26)17-34-7-2-8-38-9-11-40-12-10-38/h3-6,13-15,18-19,34H,2,7-12,17H2,1H3,(H,36,37). The van der Waals surface area contributed by atoms with Crippen molar-refractivity contribution in [1.29, 1.82) is 5.26 Å². The fraction of sp³-hybridized carbons (Fsp3) is 0.300. The zero-order valence-electron chi connectivity index (χ0n) is 22.2. The van der Waals surface area contributed by atoms with Gasteiger partial charge in [0, 0.05) is 49.0 Å². The van der Waals surface area contributed by atoms with Crippen molar-refractivity contribution in [2.24, 2.45) is 0 Å². The summed E-state index contributed by atoms with van der Waals surface area (Å²) in [7, 11) is 1.54. The maximum Gasteiger partial charge on any atom is 0.139 e. The molecule has 0 radical (unpaired) electrons. The van der Waals surface area contributed by atoms with E-state index in [4.69, 9.17) is 32.7 Å². The van der Waals surface area contributed by atoms with Crippen LogP contribution in [0.5, 0.6) is 5.75 Å². The van der Waals surface area contributed by atoms with E-state index in [1.54, 1.807) is 18.3 Å². The summed E-state index contributed by atoms with van der Waals surface area (Å²) in [5.41, 5.74) is 5.22. The average Bonchev–Trinajstić information content (AvgIpc) is 2.99. The van der Waals surface area contributed by atoms with E-state index in [0.29, 0.717) is 32.7 Å². The van der Waals surface area contributed by atoms with Crippen molar-refractivity contribution in [3.8, 4) is 23.1 Å². The Balaban J connectivity index is 1.28. The fourth-order valence-electron chi connectivity index (χ4n) is 4.67. The lowest BCUT2D eigenvalue weighted by atomic mass is 10.0. The minimum atomic E-state index is 0.394. The minimum Gasteiger partial charge on any atom is -0.495 e. The van der Waals surface area contributed by atoms with Crippen LogP contribution in [0.25, 0.3) is 22.2 Å². The summed E-state index contributed by atoms with van der Waals surface area (Å²) >= 11 is 12.6. The maximum atomic E-state index is 9.75. The first-order valence-corrected chi connectivity index (χ1v) is 13.9. The van der Waals surface area contributed by atoms with Crippen LogP contribution in [-0.2, 0) is 11.3 Å². The van der Waals surface area contributed by atoms with Crippen LogP contribution in [-0.4, -0.2) is 61.4 Å². The molecule has 1 saturated heterocycles. The molecule has 2 aromatic carbocycles. The molecule has 2 aromatic heterocycles. The highest BCUT2D eigenvalue weighted by atomic mass is 35.5. The number of anilines is 2. The first kappa shape index (κ1) is 28.1. The Hall–Kier alpha value is -3.45. The Labute approximate surface area is 243 Å². The second-order valence-corrected chi connectivity index (χ2v) is 10.3. The molecule has 0 aliphatic carbocycles. The van der Waals surface area contributed by atoms with E-state index in [1.165, 1.54) is 7.11 Å². The van der Waals surface area contributed by atoms with Crippen molar-refractivity contribution in [3.05, 3.63) is 76.0 Å². The molecule has 1 aliphatic heterocycles. The van der Waals surface area contributed by atoms with Crippen LogP contribution in [0.3, 0.4) is 0 Å². The zero-order valence-corrected chi connectivity index (χ0v) is 23.7. The normalized spacial score (nSPS) is 13.8. The number of methoxy groups -OCH3 is 1. The van der Waals surface area contributed by atoms with Gasteiger partial charge in [-0.1, -0.05) is 35.3 Å². The number of rotatable bonds is 10. The second-order valence-electron chi connectivity index (χ2n) is 9.52. The van der Waals surface area contributed by atoms with Gasteiger partial charge in [0.2, 0.25) is 0 Å². The quantitative estimate of drug-likeness (QED) is 0.221. The fourth-order valence-corrected chi connectivity index (χ4v) is 5.18. The second kappa shape index (κ2) is 13.3. The molecule has 2 N–H and O–H groups in total. The summed E-state index contributed by atoms with van der Waals surface area (Å²) in [5.74, 6) is 0.477. The third-order valence-corrected chi connectivity index (χ3v) is 7.48. The first-order valence-electron chi connectivity index (χ1n) is 13.1. The molecule has 10 heteroatoms. The highest BCUT2D eigenvalue weighted by Crippen LogP contribution is 2.38. The van der Waals surface area contributed by atoms with Crippen molar-refractivity contribution < 1.29 is 9.47 Å². The molecule has 0 atom stereocenters. The van der Waals surface area contributed by atoms with Crippen LogP contribution in [0.15, 0.2) is 54.9 Å². The van der Waals surface area contributed by atoms with Gasteiger partial charge in [-0.2, -0.15) is 5.26 Å². The highest BCUT2D eigenvalue weighted by Gasteiger charge is 2.15. The van der Waals surface area contributed by atoms with Gasteiger partial charge in [0.05, 0.1) is 58.5 Å². The van der Waals surface area contributed by atoms with E-state index in [9.17, 15) is 5.26 Å². The van der Waals surface area contributed by atoms with Crippen molar-refractivity contribution in [1.82, 2.24) is 20.2 Å². The molecule has 0 bridgehead atoms. The molecule has 1 aliphatic rings. The van der Waals surface area contributed by atoms with E-state index in [2.05, 4.69) is 37.6 Å². The molecule has 40 heavy (non-hydrogen) atoms. The van der Waals surface area contributed by atoms with Gasteiger partial charge in [0.1, 0.15) is 11.8 Å². The number of halogens is 2. The van der Waals surface area contributed by atoms with Crippen LogP contribution in [0, 0.1) is 11.3 Å². The summed E-state index contributed by atoms with van der Waals surface area (Å²) < 4.78 is 10.7. The van der Waals surface area contributed by atoms with Crippen molar-refractivity contribution >= 4 is 45.5 Å². The van der Waals surface area contributed by atoms with E-state index < -0.39 is 0 Å². The number of fused-ring (bicyclic) bond motifs is 1. The first-order chi connectivity index (χ1) is 19.6. The number of aromatic nitrogens is 2. The largest absolute Gasteiger partial charge is 0.495 e. The van der Waals surface area contributed by atoms with Gasteiger partial charge >= 0.3 is 0 Å². The number of morpholine rings is 1. The van der Waals surface area contributed by atoms with Crippen LogP contribution in [0.2, 0.25) is 10.0 Å². The van der Waals surface area contributed by atoms with Crippen LogP contribution >= 0.6 is 23.2 Å². The number of hydrogen-bond donors (Lipinski definition) is 2. The molecule has 5 rings (SSSR count). The summed E-state index contributed by atoms with van der Waals surface area (Å²) in [4.78, 5) is 11.7. The number of benzene rings is 2. The maximum absolute atomic E-state index is 9.75. The van der Waals surface area contributed by atoms with Gasteiger partial charge in [-0.3, -0.25) is 14.9 Å². The molecule has 0 amide bonds. The third kappa shape index (κ3) is 6.64. The van der Waals surface area contributed by atoms with E-state index in [1.807, 2.05) is 30.5 Å². The number of pyridine rings is 2. The number of hydrogen-bond acceptors (Lipinski definition) is 8. The molecular formula is C30H30Cl2N6O2. The lowest BCUT2D eigenvalue weighted by molar-refractivity contribution is 0.0374. The van der Waals surface area contributed by atoms with Gasteiger partial charge < -0.3 is 20.1 Å². The predicted molar refractivity (Wildman–Crippen MR) is 160 cm³/mol. The van der Waals surface area contributed by atoms with Crippen LogP contribution in [0.4, 0.5) is 11.4 Å². The average molecular weight is 578 g/mol. The third-order valence-electron chi connectivity index (χ3n) is 6.87. The number of nitriles is 1. The van der Waals surface area contributed by atoms with Crippen molar-refractivity contribution in [2.45, 2.75) is 13.0 Å². The molecule has 3 heterocycles. The molecule has 0 saturated carbocycles. The Kier molecular flexibility index (Phi) is 9.32. The van der Waals surface area contributed by atoms with Crippen LogP contribution in [0.1, 0.15) is 17.5 Å². The van der Waals surface area contributed by atoms with E-state index in [-0.39, 0.29) is 0 Å². The summed E-state index contributed by atoms with van der Waals surface area (Å²) in [6, 6.07) is 15.5. The molecule has 4 aromatic rings. The lowest BCUT2D eigenvalue weighted by Crippen LogP contribution is -2.37. The Morgan fingerprint density at radius 2 is 1.90 bits per heavy atom. The molecule has 8 nitrogen and oxygen atoms in total. The molecule has 0 unspecified atom stereocenters. The monoisotopic (exact) mass is 576 g/mol. The van der Waals surface area contributed by atoms with Gasteiger partial charge in [0.15, 0.2) is 0 Å². The SMILES string of the molecule is COc1cc(Nc2c(C#N)cnc3cc(-c4ccc(CNCCCN5CCOCC5)cn4)ccc23)c(Cl)cc1Cl. The number of nitrogens with one attached hydrogen (secondary N) is 2. The molecular weight excluding hydrogens is 547 g/mol. The van der Waals surface area contributed by atoms with Gasteiger partial charge in [-0.05, 0) is 49.3 Å². The minimum absolute atomic E-state index is 0.394. The topological polar surface area (TPSA) is 95.3 Å². The zero-order chi connectivity index (χ0) is 27.9. The van der Waals surface area contributed by atoms with Crippen molar-refractivity contribution in [3.63, 3.8) is 0 Å². The highest BCUT2D eigenvalue weighted by molar-refractivity contribution is 6.37. The Morgan fingerprint density at radius 1 is 1.05 bits per heavy atom. The lowest BCUT2D eigenvalue weighted by Gasteiger charge is -2.26. The Morgan fingerprint density at radius 3 is 2.65 bits per heavy atom. The summed E-state index contributed by atoms with van der Waals surface area (Å²) in [6.07, 6.45) is 4.57. The summed E-state index contributed by atoms with van der Waals surface area (Å²) in [5, 5.41) is 18.1. The van der Waals surface area contributed by atoms with Crippen LogP contribution < -0.4 is 15.4 Å². The van der Waals surface area contributed by atoms with E-state index >= 15 is 0 Å². The Bertz CT molecular complexity index is 1520. The van der Waals surface area contributed by atoms with Gasteiger partial charge in [-0.25, -0.2) is 0 Å². The number of nitrogens with zero attached hydrogens (tertiary/aromatic N) is 4. The van der Waals surface area contributed by atoms with E-state index in [0.717, 1.165) is 80.1 Å². The molecule has 1 fully saturated rings. The molecule has 0 spiro atoms. The summed E-state index contributed by atoms with van der Waals surface area (Å²) in [6.45, 7) is 6.57. The van der Waals surface area contributed by atoms with Crippen molar-refractivity contribution in [2.75, 3.05) is 51.8 Å². The number of ether oxygens (including phenoxy) is 2.